The summed E-state index contributed by atoms with van der Waals surface area (Å²) in [6.45, 7) is 5.11. The van der Waals surface area contributed by atoms with E-state index in [4.69, 9.17) is 9.84 Å². The smallest absolute Gasteiger partial charge is 0.328 e. The molecule has 6 nitrogen and oxygen atoms in total. The van der Waals surface area contributed by atoms with E-state index in [2.05, 4.69) is 23.7 Å². The van der Waals surface area contributed by atoms with Crippen LogP contribution in [-0.2, 0) is 4.74 Å². The standard InChI is InChI=1S/C13H16N2O4/c1-3-4-9-6-15(13(18)14-8(9)2)12-5-10(17)11(7-16)19-12/h6,10-12,16-17H,2,5,7H2,1H3,(H,14,18)/t10-,11+,12+/m0/s1. The maximum Gasteiger partial charge on any atom is 0.328 e. The second-order valence-corrected chi connectivity index (χ2v) is 4.35. The Labute approximate surface area is 111 Å². The molecular weight excluding hydrogens is 248 g/mol. The van der Waals surface area contributed by atoms with E-state index in [1.807, 2.05) is 0 Å². The molecule has 2 rings (SSSR count). The third kappa shape index (κ3) is 2.63. The van der Waals surface area contributed by atoms with Gasteiger partial charge in [-0.15, -0.1) is 5.92 Å². The zero-order chi connectivity index (χ0) is 14.0. The van der Waals surface area contributed by atoms with Gasteiger partial charge < -0.3 is 20.3 Å². The number of amides is 2. The first kappa shape index (κ1) is 13.6. The fraction of sp³-hybridized carbons (Fsp3) is 0.462. The van der Waals surface area contributed by atoms with Crippen LogP contribution in [0.4, 0.5) is 4.79 Å². The lowest BCUT2D eigenvalue weighted by Crippen LogP contribution is -2.46. The van der Waals surface area contributed by atoms with Crippen LogP contribution in [0.1, 0.15) is 13.3 Å². The molecular formula is C13H16N2O4. The summed E-state index contributed by atoms with van der Waals surface area (Å²) in [5.41, 5.74) is 1.03. The Kier molecular flexibility index (Phi) is 3.90. The lowest BCUT2D eigenvalue weighted by atomic mass is 10.1. The molecule has 0 saturated carbocycles. The summed E-state index contributed by atoms with van der Waals surface area (Å²) in [6, 6.07) is -0.387. The summed E-state index contributed by atoms with van der Waals surface area (Å²) in [6.07, 6.45) is -0.281. The van der Waals surface area contributed by atoms with Crippen molar-refractivity contribution in [2.24, 2.45) is 0 Å². The molecule has 6 heteroatoms. The third-order valence-electron chi connectivity index (χ3n) is 3.04. The third-order valence-corrected chi connectivity index (χ3v) is 3.04. The van der Waals surface area contributed by atoms with Crippen LogP contribution in [0.15, 0.2) is 24.0 Å². The van der Waals surface area contributed by atoms with Gasteiger partial charge in [-0.3, -0.25) is 4.90 Å². The van der Waals surface area contributed by atoms with Crippen molar-refractivity contribution in [1.82, 2.24) is 10.2 Å². The van der Waals surface area contributed by atoms with Gasteiger partial charge in [0.2, 0.25) is 0 Å². The molecule has 0 unspecified atom stereocenters. The Morgan fingerprint density at radius 1 is 1.68 bits per heavy atom. The number of nitrogens with zero attached hydrogens (tertiary/aromatic N) is 1. The van der Waals surface area contributed by atoms with Gasteiger partial charge in [0.05, 0.1) is 24.0 Å². The predicted molar refractivity (Wildman–Crippen MR) is 67.4 cm³/mol. The molecule has 2 aliphatic rings. The average Bonchev–Trinajstić information content (AvgIpc) is 2.74. The normalized spacial score (nSPS) is 30.6. The van der Waals surface area contributed by atoms with E-state index in [0.717, 1.165) is 0 Å². The van der Waals surface area contributed by atoms with Gasteiger partial charge in [-0.2, -0.15) is 0 Å². The van der Waals surface area contributed by atoms with E-state index in [1.165, 1.54) is 4.90 Å². The van der Waals surface area contributed by atoms with Crippen molar-refractivity contribution in [2.75, 3.05) is 6.61 Å². The molecule has 0 aromatic rings. The molecule has 0 spiro atoms. The Bertz CT molecular complexity index is 489. The minimum atomic E-state index is -0.790. The Morgan fingerprint density at radius 2 is 2.42 bits per heavy atom. The summed E-state index contributed by atoms with van der Waals surface area (Å²) in [5, 5.41) is 21.3. The molecule has 2 heterocycles. The van der Waals surface area contributed by atoms with Crippen LogP contribution in [0.5, 0.6) is 0 Å². The molecule has 0 radical (unpaired) electrons. The van der Waals surface area contributed by atoms with E-state index in [0.29, 0.717) is 11.3 Å². The molecule has 19 heavy (non-hydrogen) atoms. The number of nitrogens with one attached hydrogen (secondary N) is 1. The number of aliphatic hydroxyl groups excluding tert-OH is 2. The minimum Gasteiger partial charge on any atom is -0.394 e. The lowest BCUT2D eigenvalue weighted by Gasteiger charge is -2.29. The van der Waals surface area contributed by atoms with Crippen molar-refractivity contribution in [1.29, 1.82) is 0 Å². The highest BCUT2D eigenvalue weighted by Gasteiger charge is 2.39. The van der Waals surface area contributed by atoms with Crippen molar-refractivity contribution < 1.29 is 19.7 Å². The number of rotatable bonds is 2. The van der Waals surface area contributed by atoms with Crippen LogP contribution in [-0.4, -0.2) is 46.2 Å². The largest absolute Gasteiger partial charge is 0.394 e. The van der Waals surface area contributed by atoms with Gasteiger partial charge in [-0.05, 0) is 6.92 Å². The number of carbonyl (C=O) groups is 1. The highest BCUT2D eigenvalue weighted by Crippen LogP contribution is 2.26. The van der Waals surface area contributed by atoms with Crippen LogP contribution < -0.4 is 5.32 Å². The van der Waals surface area contributed by atoms with Crippen molar-refractivity contribution in [3.8, 4) is 11.8 Å². The Morgan fingerprint density at radius 3 is 3.00 bits per heavy atom. The number of allylic oxidation sites excluding steroid dienone is 1. The van der Waals surface area contributed by atoms with Gasteiger partial charge in [-0.25, -0.2) is 4.79 Å². The number of ether oxygens (including phenoxy) is 1. The van der Waals surface area contributed by atoms with Gasteiger partial charge >= 0.3 is 6.03 Å². The van der Waals surface area contributed by atoms with Crippen LogP contribution in [0.2, 0.25) is 0 Å². The summed E-state index contributed by atoms with van der Waals surface area (Å²) < 4.78 is 5.44. The predicted octanol–water partition coefficient (Wildman–Crippen LogP) is -0.0993. The fourth-order valence-corrected chi connectivity index (χ4v) is 2.04. The Balaban J connectivity index is 2.21. The van der Waals surface area contributed by atoms with Gasteiger partial charge in [-0.1, -0.05) is 12.5 Å². The van der Waals surface area contributed by atoms with E-state index in [-0.39, 0.29) is 19.1 Å². The zero-order valence-electron chi connectivity index (χ0n) is 10.6. The number of hydrogen-bond donors (Lipinski definition) is 3. The van der Waals surface area contributed by atoms with Gasteiger partial charge in [0.15, 0.2) is 0 Å². The average molecular weight is 264 g/mol. The highest BCUT2D eigenvalue weighted by molar-refractivity contribution is 5.81. The van der Waals surface area contributed by atoms with Crippen molar-refractivity contribution >= 4 is 6.03 Å². The molecule has 3 N–H and O–H groups in total. The summed E-state index contributed by atoms with van der Waals surface area (Å²) in [5.74, 6) is 5.57. The first-order valence-electron chi connectivity index (χ1n) is 5.94. The molecule has 0 aromatic heterocycles. The minimum absolute atomic E-state index is 0.245. The Hall–Kier alpha value is -1.81. The first-order chi connectivity index (χ1) is 9.06. The SMILES string of the molecule is C=C1NC(=O)N([C@H]2C[C@H](O)[C@@H](CO)O2)C=C1C#CC. The fourth-order valence-electron chi connectivity index (χ4n) is 2.04. The monoisotopic (exact) mass is 264 g/mol. The van der Waals surface area contributed by atoms with Gasteiger partial charge in [0, 0.05) is 12.6 Å². The number of urea groups is 1. The van der Waals surface area contributed by atoms with Crippen molar-refractivity contribution in [3.63, 3.8) is 0 Å². The molecule has 0 aliphatic carbocycles. The molecule has 1 saturated heterocycles. The maximum atomic E-state index is 11.9. The molecule has 1 fully saturated rings. The quantitative estimate of drug-likeness (QED) is 0.608. The topological polar surface area (TPSA) is 82.0 Å². The molecule has 0 bridgehead atoms. The van der Waals surface area contributed by atoms with Crippen molar-refractivity contribution in [3.05, 3.63) is 24.0 Å². The zero-order valence-corrected chi connectivity index (χ0v) is 10.6. The molecule has 0 aromatic carbocycles. The van der Waals surface area contributed by atoms with Crippen LogP contribution in [0.25, 0.3) is 0 Å². The van der Waals surface area contributed by atoms with Crippen LogP contribution in [0.3, 0.4) is 0 Å². The van der Waals surface area contributed by atoms with Gasteiger partial charge in [0.1, 0.15) is 12.3 Å². The van der Waals surface area contributed by atoms with Gasteiger partial charge in [0.25, 0.3) is 0 Å². The second kappa shape index (κ2) is 5.45. The lowest BCUT2D eigenvalue weighted by molar-refractivity contribution is -0.0536. The molecule has 2 aliphatic heterocycles. The number of aliphatic hydroxyl groups is 2. The highest BCUT2D eigenvalue weighted by atomic mass is 16.5. The molecule has 2 amide bonds. The summed E-state index contributed by atoms with van der Waals surface area (Å²) >= 11 is 0. The summed E-state index contributed by atoms with van der Waals surface area (Å²) in [4.78, 5) is 13.2. The molecule has 102 valence electrons. The number of carbonyl (C=O) groups excluding carboxylic acids is 1. The second-order valence-electron chi connectivity index (χ2n) is 4.35. The molecule has 3 atom stereocenters. The van der Waals surface area contributed by atoms with E-state index < -0.39 is 18.4 Å². The van der Waals surface area contributed by atoms with Crippen molar-refractivity contribution in [2.45, 2.75) is 31.8 Å². The van der Waals surface area contributed by atoms with E-state index in [1.54, 1.807) is 13.1 Å². The van der Waals surface area contributed by atoms with E-state index in [9.17, 15) is 9.90 Å². The van der Waals surface area contributed by atoms with E-state index >= 15 is 0 Å². The summed E-state index contributed by atoms with van der Waals surface area (Å²) in [7, 11) is 0. The number of hydrogen-bond acceptors (Lipinski definition) is 4. The maximum absolute atomic E-state index is 11.9. The van der Waals surface area contributed by atoms with Crippen LogP contribution >= 0.6 is 0 Å². The van der Waals surface area contributed by atoms with Crippen LogP contribution in [0, 0.1) is 11.8 Å². The first-order valence-corrected chi connectivity index (χ1v) is 5.94.